The molecule has 0 saturated carbocycles. The van der Waals surface area contributed by atoms with Gasteiger partial charge < -0.3 is 4.74 Å². The molecule has 0 aromatic heterocycles. The molecule has 0 aliphatic carbocycles. The highest BCUT2D eigenvalue weighted by atomic mass is 35.5. The number of alkyl halides is 1. The highest BCUT2D eigenvalue weighted by Crippen LogP contribution is 2.12. The van der Waals surface area contributed by atoms with Crippen molar-refractivity contribution < 1.29 is 4.74 Å². The molecule has 20 heavy (non-hydrogen) atoms. The lowest BCUT2D eigenvalue weighted by molar-refractivity contribution is 0.145. The summed E-state index contributed by atoms with van der Waals surface area (Å²) < 4.78 is 5.46. The quantitative estimate of drug-likeness (QED) is 0.176. The molecule has 0 heterocycles. The van der Waals surface area contributed by atoms with Gasteiger partial charge in [0.15, 0.2) is 0 Å². The minimum atomic E-state index is 0.837. The second-order valence-corrected chi connectivity index (χ2v) is 6.64. The number of ether oxygens (including phenoxy) is 1. The molecule has 0 rings (SSSR count). The van der Waals surface area contributed by atoms with Gasteiger partial charge in [-0.1, -0.05) is 70.6 Å². The van der Waals surface area contributed by atoms with Crippen molar-refractivity contribution >= 4 is 20.8 Å². The molecule has 1 atom stereocenters. The maximum absolute atomic E-state index is 5.66. The van der Waals surface area contributed by atoms with Crippen LogP contribution in [0.15, 0.2) is 0 Å². The lowest BCUT2D eigenvalue weighted by Gasteiger charge is -2.04. The average Bonchev–Trinajstić information content (AvgIpc) is 2.47. The minimum absolute atomic E-state index is 0.837. The van der Waals surface area contributed by atoms with Crippen molar-refractivity contribution in [3.05, 3.63) is 0 Å². The van der Waals surface area contributed by atoms with E-state index >= 15 is 0 Å². The molecule has 0 saturated heterocycles. The van der Waals surface area contributed by atoms with E-state index in [0.29, 0.717) is 0 Å². The standard InChI is InChI=1S/C17H36ClOP/c18-14-12-10-8-6-4-2-1-3-5-7-9-11-13-15-19-16-17-20/h1-17,20H2. The molecule has 0 bridgehead atoms. The first-order valence-corrected chi connectivity index (χ1v) is 10.1. The van der Waals surface area contributed by atoms with Crippen LogP contribution in [0.1, 0.15) is 83.5 Å². The zero-order valence-corrected chi connectivity index (χ0v) is 15.3. The Morgan fingerprint density at radius 2 is 0.950 bits per heavy atom. The minimum Gasteiger partial charge on any atom is -0.381 e. The number of halogens is 1. The summed E-state index contributed by atoms with van der Waals surface area (Å²) in [6.07, 6.45) is 18.9. The normalized spacial score (nSPS) is 11.1. The molecule has 0 aliphatic rings. The summed E-state index contributed by atoms with van der Waals surface area (Å²) in [5.41, 5.74) is 0. The molecular weight excluding hydrogens is 287 g/mol. The van der Waals surface area contributed by atoms with Gasteiger partial charge in [0.25, 0.3) is 0 Å². The fraction of sp³-hybridized carbons (Fsp3) is 1.00. The van der Waals surface area contributed by atoms with E-state index in [-0.39, 0.29) is 0 Å². The van der Waals surface area contributed by atoms with Gasteiger partial charge in [0, 0.05) is 12.5 Å². The molecular formula is C17H36ClOP. The summed E-state index contributed by atoms with van der Waals surface area (Å²) in [6, 6.07) is 0. The molecule has 1 unspecified atom stereocenters. The van der Waals surface area contributed by atoms with Crippen molar-refractivity contribution in [3.63, 3.8) is 0 Å². The highest BCUT2D eigenvalue weighted by Gasteiger charge is 1.94. The molecule has 0 fully saturated rings. The second kappa shape index (κ2) is 19.7. The molecule has 122 valence electrons. The van der Waals surface area contributed by atoms with Gasteiger partial charge in [0.1, 0.15) is 0 Å². The third-order valence-electron chi connectivity index (χ3n) is 3.68. The number of rotatable bonds is 17. The lowest BCUT2D eigenvalue weighted by atomic mass is 10.0. The van der Waals surface area contributed by atoms with E-state index in [2.05, 4.69) is 9.24 Å². The van der Waals surface area contributed by atoms with Gasteiger partial charge in [-0.2, -0.15) is 0 Å². The maximum Gasteiger partial charge on any atom is 0.0500 e. The van der Waals surface area contributed by atoms with Crippen LogP contribution in [0, 0.1) is 0 Å². The molecule has 0 aliphatic heterocycles. The molecule has 0 spiro atoms. The number of unbranched alkanes of at least 4 members (excludes halogenated alkanes) is 12. The molecule has 1 nitrogen and oxygen atoms in total. The zero-order chi connectivity index (χ0) is 14.7. The van der Waals surface area contributed by atoms with Gasteiger partial charge in [0.2, 0.25) is 0 Å². The van der Waals surface area contributed by atoms with Gasteiger partial charge in [-0.05, 0) is 19.0 Å². The average molecular weight is 323 g/mol. The fourth-order valence-corrected chi connectivity index (χ4v) is 2.78. The van der Waals surface area contributed by atoms with Crippen molar-refractivity contribution in [2.24, 2.45) is 0 Å². The van der Waals surface area contributed by atoms with Crippen LogP contribution in [0.4, 0.5) is 0 Å². The Morgan fingerprint density at radius 1 is 0.550 bits per heavy atom. The Hall–Kier alpha value is 0.680. The fourth-order valence-electron chi connectivity index (χ4n) is 2.43. The van der Waals surface area contributed by atoms with Crippen molar-refractivity contribution in [2.75, 3.05) is 25.3 Å². The summed E-state index contributed by atoms with van der Waals surface area (Å²) >= 11 is 5.66. The predicted molar refractivity (Wildman–Crippen MR) is 96.1 cm³/mol. The Morgan fingerprint density at radius 3 is 1.35 bits per heavy atom. The zero-order valence-electron chi connectivity index (χ0n) is 13.4. The van der Waals surface area contributed by atoms with Gasteiger partial charge in [-0.3, -0.25) is 0 Å². The molecule has 0 radical (unpaired) electrons. The Labute approximate surface area is 134 Å². The topological polar surface area (TPSA) is 9.23 Å². The lowest BCUT2D eigenvalue weighted by Crippen LogP contribution is -1.97. The summed E-state index contributed by atoms with van der Waals surface area (Å²) in [6.45, 7) is 1.86. The van der Waals surface area contributed by atoms with E-state index in [1.807, 2.05) is 0 Å². The van der Waals surface area contributed by atoms with Crippen molar-refractivity contribution in [1.82, 2.24) is 0 Å². The van der Waals surface area contributed by atoms with Gasteiger partial charge >= 0.3 is 0 Å². The number of hydrogen-bond donors (Lipinski definition) is 0. The molecule has 0 aromatic rings. The van der Waals surface area contributed by atoms with Crippen LogP contribution in [0.3, 0.4) is 0 Å². The Kier molecular flexibility index (Phi) is 20.3. The molecule has 0 N–H and O–H groups in total. The van der Waals surface area contributed by atoms with Crippen LogP contribution in [0.25, 0.3) is 0 Å². The molecule has 3 heteroatoms. The first-order valence-electron chi connectivity index (χ1n) is 8.75. The van der Waals surface area contributed by atoms with Crippen molar-refractivity contribution in [2.45, 2.75) is 83.5 Å². The molecule has 0 amide bonds. The summed E-state index contributed by atoms with van der Waals surface area (Å²) in [4.78, 5) is 0. The van der Waals surface area contributed by atoms with Crippen LogP contribution in [0.2, 0.25) is 0 Å². The van der Waals surface area contributed by atoms with Crippen LogP contribution in [-0.2, 0) is 4.74 Å². The van der Waals surface area contributed by atoms with Gasteiger partial charge in [-0.15, -0.1) is 20.8 Å². The second-order valence-electron chi connectivity index (χ2n) is 5.69. The van der Waals surface area contributed by atoms with Crippen LogP contribution in [0.5, 0.6) is 0 Å². The summed E-state index contributed by atoms with van der Waals surface area (Å²) in [5, 5.41) is 0. The molecule has 0 aromatic carbocycles. The SMILES string of the molecule is PCCOCCCCCCCCCCCCCCCCl. The predicted octanol–water partition coefficient (Wildman–Crippen LogP) is 6.19. The van der Waals surface area contributed by atoms with Gasteiger partial charge in [-0.25, -0.2) is 0 Å². The van der Waals surface area contributed by atoms with Crippen LogP contribution in [-0.4, -0.2) is 25.3 Å². The van der Waals surface area contributed by atoms with Crippen LogP contribution >= 0.6 is 20.8 Å². The van der Waals surface area contributed by atoms with Crippen LogP contribution < -0.4 is 0 Å². The van der Waals surface area contributed by atoms with Crippen molar-refractivity contribution in [3.8, 4) is 0 Å². The van der Waals surface area contributed by atoms with E-state index in [9.17, 15) is 0 Å². The largest absolute Gasteiger partial charge is 0.381 e. The first kappa shape index (κ1) is 20.7. The highest BCUT2D eigenvalue weighted by molar-refractivity contribution is 7.16. The van der Waals surface area contributed by atoms with E-state index in [4.69, 9.17) is 16.3 Å². The monoisotopic (exact) mass is 322 g/mol. The third kappa shape index (κ3) is 18.7. The first-order chi connectivity index (χ1) is 9.91. The number of hydrogen-bond acceptors (Lipinski definition) is 1. The van der Waals surface area contributed by atoms with E-state index in [0.717, 1.165) is 25.3 Å². The maximum atomic E-state index is 5.66. The summed E-state index contributed by atoms with van der Waals surface area (Å²) in [7, 11) is 2.70. The Bertz CT molecular complexity index is 149. The van der Waals surface area contributed by atoms with E-state index in [1.165, 1.54) is 83.5 Å². The summed E-state index contributed by atoms with van der Waals surface area (Å²) in [5.74, 6) is 0.837. The van der Waals surface area contributed by atoms with Crippen molar-refractivity contribution in [1.29, 1.82) is 0 Å². The van der Waals surface area contributed by atoms with E-state index in [1.54, 1.807) is 0 Å². The smallest absolute Gasteiger partial charge is 0.0500 e. The third-order valence-corrected chi connectivity index (χ3v) is 4.19. The Balaban J connectivity index is 2.89. The van der Waals surface area contributed by atoms with Gasteiger partial charge in [0.05, 0.1) is 6.61 Å². The van der Waals surface area contributed by atoms with E-state index < -0.39 is 0 Å².